The second-order valence-corrected chi connectivity index (χ2v) is 9.46. The van der Waals surface area contributed by atoms with Crippen LogP contribution < -0.4 is 10.6 Å². The molecule has 2 unspecified atom stereocenters. The third-order valence-electron chi connectivity index (χ3n) is 6.39. The van der Waals surface area contributed by atoms with E-state index in [0.717, 1.165) is 40.7 Å². The summed E-state index contributed by atoms with van der Waals surface area (Å²) in [6.45, 7) is 2.01. The number of amides is 2. The Balaban J connectivity index is 1.38. The monoisotopic (exact) mass is 528 g/mol. The molecule has 0 saturated heterocycles. The van der Waals surface area contributed by atoms with Crippen LogP contribution in [0.5, 0.6) is 0 Å². The van der Waals surface area contributed by atoms with E-state index in [-0.39, 0.29) is 30.3 Å². The first-order valence-corrected chi connectivity index (χ1v) is 13.4. The first kappa shape index (κ1) is 27.1. The topological polar surface area (TPSA) is 113 Å². The van der Waals surface area contributed by atoms with Crippen LogP contribution in [0.3, 0.4) is 0 Å². The molecule has 1 heterocycles. The van der Waals surface area contributed by atoms with Crippen molar-refractivity contribution < 1.29 is 9.59 Å². The predicted octanol–water partition coefficient (Wildman–Crippen LogP) is 4.40. The predicted molar refractivity (Wildman–Crippen MR) is 151 cm³/mol. The Kier molecular flexibility index (Phi) is 9.64. The standard InChI is InChI=1S/C29H32N6O2S/c1-2-8-26(31-27(36)18-30-29(37)23(19-38)17-20-9-4-3-5-10-20)22-15-13-21(14-16-22)24-11-6-7-12-25(24)28-32-34-35-33-28/h3-7,9-16,23,26,38H,2,8,17-19H2,1H3,(H,30,37)(H,31,36)(H,32,33,34,35). The van der Waals surface area contributed by atoms with E-state index < -0.39 is 0 Å². The van der Waals surface area contributed by atoms with Gasteiger partial charge in [-0.2, -0.15) is 17.8 Å². The number of carbonyl (C=O) groups excluding carboxylic acids is 2. The molecule has 0 fully saturated rings. The van der Waals surface area contributed by atoms with Crippen LogP contribution in [-0.2, 0) is 16.0 Å². The largest absolute Gasteiger partial charge is 0.348 e. The Morgan fingerprint density at radius 2 is 1.66 bits per heavy atom. The molecule has 4 aromatic rings. The molecular weight excluding hydrogens is 496 g/mol. The lowest BCUT2D eigenvalue weighted by molar-refractivity contribution is -0.128. The fraction of sp³-hybridized carbons (Fsp3) is 0.276. The normalized spacial score (nSPS) is 12.5. The summed E-state index contributed by atoms with van der Waals surface area (Å²) in [5, 5.41) is 20.3. The second-order valence-electron chi connectivity index (χ2n) is 9.10. The zero-order valence-corrected chi connectivity index (χ0v) is 22.2. The van der Waals surface area contributed by atoms with Gasteiger partial charge in [-0.3, -0.25) is 9.59 Å². The molecular formula is C29H32N6O2S. The molecule has 2 amide bonds. The van der Waals surface area contributed by atoms with Gasteiger partial charge in [-0.15, -0.1) is 10.2 Å². The molecule has 3 aromatic carbocycles. The van der Waals surface area contributed by atoms with Crippen LogP contribution in [-0.4, -0.2) is 44.7 Å². The quantitative estimate of drug-likeness (QED) is 0.204. The molecule has 1 aromatic heterocycles. The van der Waals surface area contributed by atoms with Gasteiger partial charge in [-0.1, -0.05) is 92.2 Å². The second kappa shape index (κ2) is 13.5. The van der Waals surface area contributed by atoms with E-state index in [1.54, 1.807) is 0 Å². The highest BCUT2D eigenvalue weighted by atomic mass is 32.1. The minimum absolute atomic E-state index is 0.0751. The van der Waals surface area contributed by atoms with Gasteiger partial charge < -0.3 is 10.6 Å². The van der Waals surface area contributed by atoms with Crippen molar-refractivity contribution in [1.82, 2.24) is 31.3 Å². The van der Waals surface area contributed by atoms with Crippen LogP contribution in [0.4, 0.5) is 0 Å². The summed E-state index contributed by atoms with van der Waals surface area (Å²) in [6, 6.07) is 25.7. The number of hydrogen-bond donors (Lipinski definition) is 4. The Hall–Kier alpha value is -3.98. The highest BCUT2D eigenvalue weighted by Gasteiger charge is 2.20. The average molecular weight is 529 g/mol. The van der Waals surface area contributed by atoms with Crippen LogP contribution in [0.15, 0.2) is 78.9 Å². The Morgan fingerprint density at radius 1 is 0.947 bits per heavy atom. The fourth-order valence-corrected chi connectivity index (χ4v) is 4.70. The highest BCUT2D eigenvalue weighted by Crippen LogP contribution is 2.31. The van der Waals surface area contributed by atoms with Gasteiger partial charge in [-0.05, 0) is 40.3 Å². The number of rotatable bonds is 12. The molecule has 0 bridgehead atoms. The summed E-state index contributed by atoms with van der Waals surface area (Å²) in [7, 11) is 0. The van der Waals surface area contributed by atoms with E-state index in [9.17, 15) is 9.59 Å². The summed E-state index contributed by atoms with van der Waals surface area (Å²) in [6.07, 6.45) is 2.27. The molecule has 196 valence electrons. The molecule has 2 atom stereocenters. The minimum atomic E-state index is -0.303. The zero-order chi connectivity index (χ0) is 26.7. The van der Waals surface area contributed by atoms with Crippen molar-refractivity contribution in [3.63, 3.8) is 0 Å². The van der Waals surface area contributed by atoms with Gasteiger partial charge in [0.15, 0.2) is 0 Å². The molecule has 0 saturated carbocycles. The van der Waals surface area contributed by atoms with Crippen molar-refractivity contribution in [3.8, 4) is 22.5 Å². The highest BCUT2D eigenvalue weighted by molar-refractivity contribution is 7.80. The maximum atomic E-state index is 12.8. The Labute approximate surface area is 228 Å². The molecule has 0 radical (unpaired) electrons. The number of aromatic nitrogens is 4. The number of nitrogens with zero attached hydrogens (tertiary/aromatic N) is 3. The van der Waals surface area contributed by atoms with E-state index in [0.29, 0.717) is 18.0 Å². The van der Waals surface area contributed by atoms with Crippen molar-refractivity contribution in [2.75, 3.05) is 12.3 Å². The molecule has 9 heteroatoms. The Bertz CT molecular complexity index is 1310. The van der Waals surface area contributed by atoms with Crippen molar-refractivity contribution in [2.24, 2.45) is 5.92 Å². The van der Waals surface area contributed by atoms with Crippen LogP contribution in [0.2, 0.25) is 0 Å². The third-order valence-corrected chi connectivity index (χ3v) is 6.83. The van der Waals surface area contributed by atoms with E-state index in [1.807, 2.05) is 78.9 Å². The van der Waals surface area contributed by atoms with E-state index in [1.165, 1.54) is 0 Å². The van der Waals surface area contributed by atoms with E-state index in [4.69, 9.17) is 0 Å². The van der Waals surface area contributed by atoms with Crippen LogP contribution in [0, 0.1) is 5.92 Å². The van der Waals surface area contributed by atoms with Crippen LogP contribution in [0.25, 0.3) is 22.5 Å². The number of thiol groups is 1. The average Bonchev–Trinajstić information content (AvgIpc) is 3.50. The lowest BCUT2D eigenvalue weighted by Crippen LogP contribution is -2.41. The van der Waals surface area contributed by atoms with Crippen molar-refractivity contribution in [2.45, 2.75) is 32.2 Å². The van der Waals surface area contributed by atoms with Crippen molar-refractivity contribution in [3.05, 3.63) is 90.0 Å². The maximum absolute atomic E-state index is 12.8. The Morgan fingerprint density at radius 3 is 2.32 bits per heavy atom. The number of hydrogen-bond acceptors (Lipinski definition) is 6. The van der Waals surface area contributed by atoms with Gasteiger partial charge in [0.05, 0.1) is 18.5 Å². The number of nitrogens with one attached hydrogen (secondary N) is 3. The van der Waals surface area contributed by atoms with E-state index >= 15 is 0 Å². The molecule has 8 nitrogen and oxygen atoms in total. The maximum Gasteiger partial charge on any atom is 0.239 e. The van der Waals surface area contributed by atoms with Gasteiger partial charge >= 0.3 is 0 Å². The minimum Gasteiger partial charge on any atom is -0.348 e. The molecule has 38 heavy (non-hydrogen) atoms. The van der Waals surface area contributed by atoms with Crippen molar-refractivity contribution >= 4 is 24.4 Å². The summed E-state index contributed by atoms with van der Waals surface area (Å²) in [4.78, 5) is 25.5. The van der Waals surface area contributed by atoms with Gasteiger partial charge in [0, 0.05) is 11.3 Å². The van der Waals surface area contributed by atoms with Gasteiger partial charge in [-0.25, -0.2) is 0 Å². The lowest BCUT2D eigenvalue weighted by atomic mass is 9.95. The molecule has 0 aliphatic rings. The van der Waals surface area contributed by atoms with E-state index in [2.05, 4.69) is 50.8 Å². The summed E-state index contributed by atoms with van der Waals surface area (Å²) >= 11 is 4.35. The van der Waals surface area contributed by atoms with Crippen molar-refractivity contribution in [1.29, 1.82) is 0 Å². The lowest BCUT2D eigenvalue weighted by Gasteiger charge is -2.20. The van der Waals surface area contributed by atoms with Crippen LogP contribution >= 0.6 is 12.6 Å². The summed E-state index contributed by atoms with van der Waals surface area (Å²) < 4.78 is 0. The van der Waals surface area contributed by atoms with Gasteiger partial charge in [0.1, 0.15) is 0 Å². The molecule has 0 aliphatic carbocycles. The fourth-order valence-electron chi connectivity index (χ4n) is 4.41. The summed E-state index contributed by atoms with van der Waals surface area (Å²) in [5.74, 6) is 0.245. The molecule has 0 aliphatic heterocycles. The van der Waals surface area contributed by atoms with Gasteiger partial charge in [0.25, 0.3) is 0 Å². The first-order chi connectivity index (χ1) is 18.6. The number of aromatic amines is 1. The summed E-state index contributed by atoms with van der Waals surface area (Å²) in [5.41, 5.74) is 4.96. The van der Waals surface area contributed by atoms with Crippen LogP contribution in [0.1, 0.15) is 36.9 Å². The zero-order valence-electron chi connectivity index (χ0n) is 21.3. The molecule has 0 spiro atoms. The smallest absolute Gasteiger partial charge is 0.239 e. The first-order valence-electron chi connectivity index (χ1n) is 12.7. The molecule has 4 rings (SSSR count). The third kappa shape index (κ3) is 7.07. The number of benzene rings is 3. The number of carbonyl (C=O) groups is 2. The molecule has 3 N–H and O–H groups in total. The number of tetrazole rings is 1. The van der Waals surface area contributed by atoms with Gasteiger partial charge in [0.2, 0.25) is 17.6 Å². The number of H-pyrrole nitrogens is 1. The SMILES string of the molecule is CCCC(NC(=O)CNC(=O)C(CS)Cc1ccccc1)c1ccc(-c2ccccc2-c2nn[nH]n2)cc1.